The molecule has 2 aromatic rings. The van der Waals surface area contributed by atoms with Crippen molar-refractivity contribution in [3.05, 3.63) is 34.5 Å². The fraction of sp³-hybridized carbons (Fsp3) is 0.333. The summed E-state index contributed by atoms with van der Waals surface area (Å²) < 4.78 is 0. The maximum atomic E-state index is 6.27. The van der Waals surface area contributed by atoms with E-state index < -0.39 is 0 Å². The molecular weight excluding hydrogens is 208 g/mol. The molecule has 2 rings (SSSR count). The summed E-state index contributed by atoms with van der Waals surface area (Å²) in [6.45, 7) is 10.6. The highest BCUT2D eigenvalue weighted by Crippen LogP contribution is 2.32. The van der Waals surface area contributed by atoms with Crippen molar-refractivity contribution < 1.29 is 0 Å². The third-order valence-corrected chi connectivity index (χ3v) is 3.68. The third-order valence-electron chi connectivity index (χ3n) is 3.68. The summed E-state index contributed by atoms with van der Waals surface area (Å²) in [5.41, 5.74) is 14.4. The molecular formula is C15H20N2. The second-order valence-electron chi connectivity index (χ2n) is 4.95. The number of fused-ring (bicyclic) bond motifs is 1. The van der Waals surface area contributed by atoms with Crippen LogP contribution in [0.3, 0.4) is 0 Å². The van der Waals surface area contributed by atoms with Gasteiger partial charge in [0.05, 0.1) is 11.2 Å². The minimum Gasteiger partial charge on any atom is -0.397 e. The van der Waals surface area contributed by atoms with Crippen LogP contribution in [0.15, 0.2) is 17.7 Å². The van der Waals surface area contributed by atoms with Gasteiger partial charge in [-0.15, -0.1) is 0 Å². The molecule has 1 aromatic heterocycles. The lowest BCUT2D eigenvalue weighted by Gasteiger charge is -2.09. The number of benzene rings is 1. The van der Waals surface area contributed by atoms with Gasteiger partial charge >= 0.3 is 0 Å². The molecule has 17 heavy (non-hydrogen) atoms. The van der Waals surface area contributed by atoms with Crippen LogP contribution in [0, 0.1) is 13.8 Å². The van der Waals surface area contributed by atoms with E-state index in [0.29, 0.717) is 0 Å². The Balaban J connectivity index is 2.79. The van der Waals surface area contributed by atoms with E-state index in [9.17, 15) is 0 Å². The van der Waals surface area contributed by atoms with Gasteiger partial charge in [0.1, 0.15) is 0 Å². The van der Waals surface area contributed by atoms with E-state index >= 15 is 0 Å². The van der Waals surface area contributed by atoms with Crippen molar-refractivity contribution in [2.24, 2.45) is 0 Å². The van der Waals surface area contributed by atoms with Crippen molar-refractivity contribution >= 4 is 22.2 Å². The highest BCUT2D eigenvalue weighted by atomic mass is 14.8. The van der Waals surface area contributed by atoms with Crippen LogP contribution in [0.5, 0.6) is 0 Å². The lowest BCUT2D eigenvalue weighted by molar-refractivity contribution is 1.25. The molecule has 2 nitrogen and oxygen atoms in total. The van der Waals surface area contributed by atoms with Gasteiger partial charge in [-0.1, -0.05) is 17.7 Å². The van der Waals surface area contributed by atoms with E-state index in [4.69, 9.17) is 5.73 Å². The van der Waals surface area contributed by atoms with Gasteiger partial charge in [0, 0.05) is 16.6 Å². The molecule has 0 bridgehead atoms. The second-order valence-corrected chi connectivity index (χ2v) is 4.95. The number of aromatic nitrogens is 1. The molecule has 0 spiro atoms. The summed E-state index contributed by atoms with van der Waals surface area (Å²) in [7, 11) is 0. The summed E-state index contributed by atoms with van der Waals surface area (Å²) in [5.74, 6) is 0. The number of nitrogens with two attached hydrogens (primary N) is 1. The summed E-state index contributed by atoms with van der Waals surface area (Å²) in [6, 6.07) is 4.28. The average Bonchev–Trinajstić information content (AvgIpc) is 2.56. The molecule has 0 atom stereocenters. The van der Waals surface area contributed by atoms with Crippen LogP contribution in [-0.4, -0.2) is 4.98 Å². The molecule has 1 heterocycles. The molecule has 0 aliphatic carbocycles. The van der Waals surface area contributed by atoms with Crippen LogP contribution in [0.4, 0.5) is 5.69 Å². The second kappa shape index (κ2) is 3.95. The van der Waals surface area contributed by atoms with Crippen LogP contribution in [-0.2, 0) is 0 Å². The first-order valence-electron chi connectivity index (χ1n) is 5.95. The third kappa shape index (κ3) is 1.74. The smallest absolute Gasteiger partial charge is 0.0698 e. The fourth-order valence-corrected chi connectivity index (χ4v) is 2.15. The van der Waals surface area contributed by atoms with Crippen molar-refractivity contribution in [1.82, 2.24) is 4.98 Å². The first-order chi connectivity index (χ1) is 7.93. The topological polar surface area (TPSA) is 41.8 Å². The van der Waals surface area contributed by atoms with Crippen LogP contribution in [0.1, 0.15) is 37.6 Å². The van der Waals surface area contributed by atoms with Crippen molar-refractivity contribution in [3.8, 4) is 0 Å². The predicted octanol–water partition coefficient (Wildman–Crippen LogP) is 4.18. The number of hydrogen-bond acceptors (Lipinski definition) is 1. The van der Waals surface area contributed by atoms with Gasteiger partial charge in [-0.2, -0.15) is 0 Å². The van der Waals surface area contributed by atoms with Crippen molar-refractivity contribution in [3.63, 3.8) is 0 Å². The summed E-state index contributed by atoms with van der Waals surface area (Å²) in [6.07, 6.45) is 0. The van der Waals surface area contributed by atoms with Gasteiger partial charge in [-0.3, -0.25) is 0 Å². The molecule has 2 heteroatoms. The maximum absolute atomic E-state index is 6.27. The molecule has 3 N–H and O–H groups in total. The number of allylic oxidation sites excluding steroid dienone is 2. The highest BCUT2D eigenvalue weighted by Gasteiger charge is 2.11. The van der Waals surface area contributed by atoms with E-state index in [1.807, 2.05) is 0 Å². The van der Waals surface area contributed by atoms with Crippen molar-refractivity contribution in [1.29, 1.82) is 0 Å². The molecule has 0 radical (unpaired) electrons. The van der Waals surface area contributed by atoms with E-state index in [2.05, 4.69) is 51.7 Å². The number of aryl methyl sites for hydroxylation is 2. The molecule has 90 valence electrons. The van der Waals surface area contributed by atoms with Crippen LogP contribution >= 0.6 is 0 Å². The fourth-order valence-electron chi connectivity index (χ4n) is 2.15. The molecule has 1 aromatic carbocycles. The Morgan fingerprint density at radius 3 is 2.35 bits per heavy atom. The largest absolute Gasteiger partial charge is 0.397 e. The number of hydrogen-bond donors (Lipinski definition) is 2. The molecule has 0 aliphatic heterocycles. The van der Waals surface area contributed by atoms with E-state index in [0.717, 1.165) is 16.8 Å². The summed E-state index contributed by atoms with van der Waals surface area (Å²) in [4.78, 5) is 3.38. The minimum absolute atomic E-state index is 0.859. The maximum Gasteiger partial charge on any atom is 0.0698 e. The highest BCUT2D eigenvalue weighted by molar-refractivity contribution is 5.98. The van der Waals surface area contributed by atoms with Crippen molar-refractivity contribution in [2.45, 2.75) is 34.6 Å². The molecule has 0 unspecified atom stereocenters. The zero-order valence-electron chi connectivity index (χ0n) is 11.2. The van der Waals surface area contributed by atoms with Gasteiger partial charge in [-0.25, -0.2) is 0 Å². The standard InChI is InChI=1S/C15H20N2/c1-8(2)9(3)12-6-7-13-10(4)11(5)17-15(13)14(12)16/h6-7,17H,16H2,1-5H3. The van der Waals surface area contributed by atoms with Crippen molar-refractivity contribution in [2.75, 3.05) is 5.73 Å². The quantitative estimate of drug-likeness (QED) is 0.706. The lowest BCUT2D eigenvalue weighted by Crippen LogP contribution is -1.94. The lowest BCUT2D eigenvalue weighted by atomic mass is 9.99. The predicted molar refractivity (Wildman–Crippen MR) is 76.1 cm³/mol. The number of nitrogens with one attached hydrogen (secondary N) is 1. The minimum atomic E-state index is 0.859. The Bertz CT molecular complexity index is 611. The number of anilines is 1. The molecule has 0 aliphatic rings. The molecule has 0 saturated carbocycles. The van der Waals surface area contributed by atoms with Crippen LogP contribution < -0.4 is 5.73 Å². The summed E-state index contributed by atoms with van der Waals surface area (Å²) >= 11 is 0. The number of H-pyrrole nitrogens is 1. The number of aromatic amines is 1. The first-order valence-corrected chi connectivity index (χ1v) is 5.95. The molecule has 0 fully saturated rings. The Kier molecular flexibility index (Phi) is 2.74. The SMILES string of the molecule is CC(C)=C(C)c1ccc2c(C)c(C)[nH]c2c1N. The average molecular weight is 228 g/mol. The normalized spacial score (nSPS) is 10.9. The Morgan fingerprint density at radius 1 is 1.12 bits per heavy atom. The zero-order chi connectivity index (χ0) is 12.7. The number of nitrogen functional groups attached to an aromatic ring is 1. The van der Waals surface area contributed by atoms with Gasteiger partial charge < -0.3 is 10.7 Å². The Labute approximate surface area is 103 Å². The van der Waals surface area contributed by atoms with E-state index in [1.165, 1.54) is 27.8 Å². The van der Waals surface area contributed by atoms with Crippen LogP contribution in [0.25, 0.3) is 16.5 Å². The molecule has 0 amide bonds. The van der Waals surface area contributed by atoms with Gasteiger partial charge in [0.15, 0.2) is 0 Å². The van der Waals surface area contributed by atoms with Gasteiger partial charge in [-0.05, 0) is 45.8 Å². The zero-order valence-corrected chi connectivity index (χ0v) is 11.2. The first kappa shape index (κ1) is 11.8. The molecule has 0 saturated heterocycles. The Morgan fingerprint density at radius 2 is 1.76 bits per heavy atom. The van der Waals surface area contributed by atoms with Crippen LogP contribution in [0.2, 0.25) is 0 Å². The number of rotatable bonds is 1. The Hall–Kier alpha value is -1.70. The summed E-state index contributed by atoms with van der Waals surface area (Å²) in [5, 5.41) is 1.23. The monoisotopic (exact) mass is 228 g/mol. The van der Waals surface area contributed by atoms with E-state index in [1.54, 1.807) is 0 Å². The van der Waals surface area contributed by atoms with Gasteiger partial charge in [0.25, 0.3) is 0 Å². The van der Waals surface area contributed by atoms with E-state index in [-0.39, 0.29) is 0 Å². The van der Waals surface area contributed by atoms with Gasteiger partial charge in [0.2, 0.25) is 0 Å².